The second kappa shape index (κ2) is 14.1. The number of hydrogen-bond acceptors (Lipinski definition) is 3. The molecule has 8 heteroatoms. The van der Waals surface area contributed by atoms with Crippen LogP contribution in [0.3, 0.4) is 0 Å². The van der Waals surface area contributed by atoms with Crippen LogP contribution in [0.4, 0.5) is 0 Å². The van der Waals surface area contributed by atoms with Crippen molar-refractivity contribution in [1.82, 2.24) is 20.4 Å². The molecule has 0 saturated carbocycles. The number of guanidine groups is 1. The Morgan fingerprint density at radius 3 is 2.57 bits per heavy atom. The van der Waals surface area contributed by atoms with Gasteiger partial charge >= 0.3 is 0 Å². The summed E-state index contributed by atoms with van der Waals surface area (Å²) in [5, 5.41) is 7.64. The van der Waals surface area contributed by atoms with E-state index in [1.54, 1.807) is 0 Å². The number of carbonyl (C=O) groups excluding carboxylic acids is 1. The van der Waals surface area contributed by atoms with E-state index in [-0.39, 0.29) is 42.0 Å². The molecular formula is C22H37ClIN5O. The molecule has 0 aromatic heterocycles. The molecule has 1 aromatic carbocycles. The summed E-state index contributed by atoms with van der Waals surface area (Å²) in [5.41, 5.74) is 1.11. The topological polar surface area (TPSA) is 60.0 Å². The first-order chi connectivity index (χ1) is 14.0. The number of likely N-dealkylation sites (tertiary alicyclic amines) is 1. The summed E-state index contributed by atoms with van der Waals surface area (Å²) >= 11 is 6.51. The first kappa shape index (κ1) is 27.0. The number of aliphatic imine (C=N–C) groups is 1. The van der Waals surface area contributed by atoms with E-state index in [0.717, 1.165) is 55.7 Å². The van der Waals surface area contributed by atoms with Crippen molar-refractivity contribution in [1.29, 1.82) is 0 Å². The molecular weight excluding hydrogens is 513 g/mol. The lowest BCUT2D eigenvalue weighted by Crippen LogP contribution is -2.45. The third-order valence-corrected chi connectivity index (χ3v) is 5.81. The molecule has 170 valence electrons. The van der Waals surface area contributed by atoms with E-state index in [9.17, 15) is 4.79 Å². The van der Waals surface area contributed by atoms with Gasteiger partial charge in [-0.3, -0.25) is 14.7 Å². The zero-order chi connectivity index (χ0) is 21.2. The number of hydrogen-bond donors (Lipinski definition) is 2. The van der Waals surface area contributed by atoms with Crippen molar-refractivity contribution < 1.29 is 4.79 Å². The molecule has 2 unspecified atom stereocenters. The minimum absolute atomic E-state index is 0. The molecule has 30 heavy (non-hydrogen) atoms. The predicted molar refractivity (Wildman–Crippen MR) is 137 cm³/mol. The summed E-state index contributed by atoms with van der Waals surface area (Å²) in [6, 6.07) is 8.38. The smallest absolute Gasteiger partial charge is 0.222 e. The average Bonchev–Trinajstić information content (AvgIpc) is 3.19. The molecule has 1 aromatic rings. The van der Waals surface area contributed by atoms with Crippen molar-refractivity contribution in [2.75, 3.05) is 39.3 Å². The van der Waals surface area contributed by atoms with Crippen LogP contribution in [0.25, 0.3) is 0 Å². The number of halogens is 2. The Balaban J connectivity index is 0.00000450. The van der Waals surface area contributed by atoms with Crippen LogP contribution in [0.2, 0.25) is 5.02 Å². The molecule has 2 atom stereocenters. The van der Waals surface area contributed by atoms with Crippen molar-refractivity contribution in [3.63, 3.8) is 0 Å². The SMILES string of the molecule is CCNC(=NCC(c1ccccc1Cl)N(CC)CC)NC1CCN(C(=O)CC)C1.I. The maximum absolute atomic E-state index is 12.0. The summed E-state index contributed by atoms with van der Waals surface area (Å²) in [7, 11) is 0. The summed E-state index contributed by atoms with van der Waals surface area (Å²) in [6.45, 7) is 13.1. The van der Waals surface area contributed by atoms with Gasteiger partial charge in [0.1, 0.15) is 0 Å². The number of benzene rings is 1. The number of likely N-dealkylation sites (N-methyl/N-ethyl adjacent to an activating group) is 1. The van der Waals surface area contributed by atoms with Gasteiger partial charge in [0.2, 0.25) is 5.91 Å². The van der Waals surface area contributed by atoms with Crippen molar-refractivity contribution in [3.05, 3.63) is 34.9 Å². The molecule has 2 N–H and O–H groups in total. The zero-order valence-electron chi connectivity index (χ0n) is 18.7. The maximum Gasteiger partial charge on any atom is 0.222 e. The van der Waals surface area contributed by atoms with Crippen LogP contribution in [0.15, 0.2) is 29.3 Å². The highest BCUT2D eigenvalue weighted by Gasteiger charge is 2.26. The van der Waals surface area contributed by atoms with Gasteiger partial charge in [-0.25, -0.2) is 0 Å². The number of rotatable bonds is 9. The highest BCUT2D eigenvalue weighted by Crippen LogP contribution is 2.27. The first-order valence-electron chi connectivity index (χ1n) is 10.8. The van der Waals surface area contributed by atoms with Crippen molar-refractivity contribution in [2.24, 2.45) is 4.99 Å². The number of nitrogens with zero attached hydrogens (tertiary/aromatic N) is 3. The van der Waals surface area contributed by atoms with Crippen LogP contribution < -0.4 is 10.6 Å². The largest absolute Gasteiger partial charge is 0.357 e. The minimum Gasteiger partial charge on any atom is -0.357 e. The van der Waals surface area contributed by atoms with Crippen LogP contribution >= 0.6 is 35.6 Å². The Morgan fingerprint density at radius 1 is 1.27 bits per heavy atom. The molecule has 0 spiro atoms. The summed E-state index contributed by atoms with van der Waals surface area (Å²) in [4.78, 5) is 21.2. The van der Waals surface area contributed by atoms with Crippen molar-refractivity contribution in [3.8, 4) is 0 Å². The van der Waals surface area contributed by atoms with E-state index < -0.39 is 0 Å². The van der Waals surface area contributed by atoms with Crippen LogP contribution in [-0.4, -0.2) is 67.0 Å². The van der Waals surface area contributed by atoms with Gasteiger partial charge in [0.25, 0.3) is 0 Å². The normalized spacial score (nSPS) is 17.6. The fraction of sp³-hybridized carbons (Fsp3) is 0.636. The van der Waals surface area contributed by atoms with Crippen LogP contribution in [0.1, 0.15) is 52.1 Å². The Hall–Kier alpha value is -1.06. The van der Waals surface area contributed by atoms with Gasteiger partial charge in [0.05, 0.1) is 12.6 Å². The first-order valence-corrected chi connectivity index (χ1v) is 11.2. The minimum atomic E-state index is 0. The van der Waals surface area contributed by atoms with Gasteiger partial charge in [0, 0.05) is 37.1 Å². The van der Waals surface area contributed by atoms with Gasteiger partial charge in [-0.05, 0) is 38.1 Å². The Labute approximate surface area is 203 Å². The molecule has 0 bridgehead atoms. The Kier molecular flexibility index (Phi) is 12.7. The van der Waals surface area contributed by atoms with Gasteiger partial charge in [-0.15, -0.1) is 24.0 Å². The van der Waals surface area contributed by atoms with E-state index in [2.05, 4.69) is 42.4 Å². The van der Waals surface area contributed by atoms with Gasteiger partial charge in [0.15, 0.2) is 5.96 Å². The molecule has 0 aliphatic carbocycles. The molecule has 1 heterocycles. The van der Waals surface area contributed by atoms with E-state index in [4.69, 9.17) is 16.6 Å². The molecule has 1 aliphatic rings. The lowest BCUT2D eigenvalue weighted by molar-refractivity contribution is -0.129. The third-order valence-electron chi connectivity index (χ3n) is 5.47. The highest BCUT2D eigenvalue weighted by atomic mass is 127. The molecule has 1 saturated heterocycles. The van der Waals surface area contributed by atoms with E-state index >= 15 is 0 Å². The van der Waals surface area contributed by atoms with E-state index in [0.29, 0.717) is 13.0 Å². The van der Waals surface area contributed by atoms with Crippen molar-refractivity contribution >= 4 is 47.4 Å². The molecule has 1 aliphatic heterocycles. The van der Waals surface area contributed by atoms with E-state index in [1.807, 2.05) is 30.0 Å². The number of amides is 1. The molecule has 1 amide bonds. The average molecular weight is 550 g/mol. The van der Waals surface area contributed by atoms with Crippen molar-refractivity contribution in [2.45, 2.75) is 52.6 Å². The lowest BCUT2D eigenvalue weighted by atomic mass is 10.1. The third kappa shape index (κ3) is 7.57. The fourth-order valence-corrected chi connectivity index (χ4v) is 4.10. The molecule has 1 fully saturated rings. The van der Waals surface area contributed by atoms with Gasteiger partial charge in [-0.1, -0.05) is 50.6 Å². The summed E-state index contributed by atoms with van der Waals surface area (Å²) in [5.74, 6) is 1.02. The molecule has 2 rings (SSSR count). The van der Waals surface area contributed by atoms with Crippen LogP contribution in [0, 0.1) is 0 Å². The van der Waals surface area contributed by atoms with E-state index in [1.165, 1.54) is 0 Å². The second-order valence-electron chi connectivity index (χ2n) is 7.30. The number of carbonyl (C=O) groups is 1. The standard InChI is InChI=1S/C22H36ClN5O.HI/c1-5-21(29)28-14-13-17(16-28)26-22(24-6-2)25-15-20(27(7-3)8-4)18-11-9-10-12-19(18)23;/h9-12,17,20H,5-8,13-16H2,1-4H3,(H2,24,25,26);1H. The molecule has 0 radical (unpaired) electrons. The second-order valence-corrected chi connectivity index (χ2v) is 7.71. The molecule has 6 nitrogen and oxygen atoms in total. The predicted octanol–water partition coefficient (Wildman–Crippen LogP) is 3.91. The van der Waals surface area contributed by atoms with Gasteiger partial charge < -0.3 is 15.5 Å². The lowest BCUT2D eigenvalue weighted by Gasteiger charge is -2.30. The fourth-order valence-electron chi connectivity index (χ4n) is 3.84. The quantitative estimate of drug-likeness (QED) is 0.279. The monoisotopic (exact) mass is 549 g/mol. The summed E-state index contributed by atoms with van der Waals surface area (Å²) < 4.78 is 0. The van der Waals surface area contributed by atoms with Crippen LogP contribution in [0.5, 0.6) is 0 Å². The highest BCUT2D eigenvalue weighted by molar-refractivity contribution is 14.0. The van der Waals surface area contributed by atoms with Gasteiger partial charge in [-0.2, -0.15) is 0 Å². The Bertz CT molecular complexity index is 683. The zero-order valence-corrected chi connectivity index (χ0v) is 21.7. The Morgan fingerprint density at radius 2 is 1.97 bits per heavy atom. The van der Waals surface area contributed by atoms with Crippen LogP contribution in [-0.2, 0) is 4.79 Å². The summed E-state index contributed by atoms with van der Waals surface area (Å²) in [6.07, 6.45) is 1.50. The maximum atomic E-state index is 12.0. The number of nitrogens with one attached hydrogen (secondary N) is 2.